The summed E-state index contributed by atoms with van der Waals surface area (Å²) in [6.07, 6.45) is 0.676. The van der Waals surface area contributed by atoms with E-state index in [-0.39, 0.29) is 11.2 Å². The third kappa shape index (κ3) is 4.47. The summed E-state index contributed by atoms with van der Waals surface area (Å²) in [5, 5.41) is 0. The molecule has 1 atom stereocenters. The molecule has 0 saturated carbocycles. The van der Waals surface area contributed by atoms with E-state index in [2.05, 4.69) is 21.0 Å². The van der Waals surface area contributed by atoms with Gasteiger partial charge in [-0.25, -0.2) is 0 Å². The van der Waals surface area contributed by atoms with Crippen LogP contribution in [0.2, 0.25) is 0 Å². The van der Waals surface area contributed by atoms with Crippen LogP contribution in [0.3, 0.4) is 0 Å². The number of hydrogen-bond acceptors (Lipinski definition) is 2. The molecule has 0 aromatic carbocycles. The number of nitrogens with two attached hydrogens (primary N) is 1. The Bertz CT molecular complexity index is 136. The van der Waals surface area contributed by atoms with Crippen LogP contribution in [-0.2, 0) is 4.79 Å². The molecule has 0 aromatic heterocycles. The summed E-state index contributed by atoms with van der Waals surface area (Å²) in [7, 11) is 0. The Labute approximate surface area is 66.7 Å². The van der Waals surface area contributed by atoms with Crippen LogP contribution in [0, 0.1) is 0 Å². The van der Waals surface area contributed by atoms with Gasteiger partial charge < -0.3 is 0 Å². The second-order valence-electron chi connectivity index (χ2n) is 1.65. The minimum atomic E-state index is -0.633. The monoisotopic (exact) mass is 211 g/mol. The first-order chi connectivity index (χ1) is 4.70. The van der Waals surface area contributed by atoms with E-state index in [9.17, 15) is 9.18 Å². The Morgan fingerprint density at radius 1 is 1.90 bits per heavy atom. The van der Waals surface area contributed by atoms with E-state index in [1.54, 1.807) is 0 Å². The first-order valence-corrected chi connectivity index (χ1v) is 3.58. The fourth-order valence-corrected chi connectivity index (χ4v) is 0.722. The predicted octanol–water partition coefficient (Wildman–Crippen LogP) is -0.603. The zero-order chi connectivity index (χ0) is 7.98. The third-order valence-electron chi connectivity index (χ3n) is 0.855. The number of carbonyl (C=O) groups is 1. The van der Waals surface area contributed by atoms with E-state index in [1.807, 2.05) is 0 Å². The average molecular weight is 210 g/mol. The fourth-order valence-electron chi connectivity index (χ4n) is 0.438. The van der Waals surface area contributed by atoms with Gasteiger partial charge in [0.05, 0.1) is 0 Å². The Balaban J connectivity index is 3.82. The number of amidine groups is 1. The summed E-state index contributed by atoms with van der Waals surface area (Å²) in [5.41, 5.74) is 5.11. The van der Waals surface area contributed by atoms with E-state index in [4.69, 9.17) is 5.73 Å². The summed E-state index contributed by atoms with van der Waals surface area (Å²) >= 11 is 2.41. The fraction of sp³-hybridized carbons (Fsp3) is 0.600. The van der Waals surface area contributed by atoms with Crippen molar-refractivity contribution in [3.63, 3.8) is 0 Å². The molecule has 0 rings (SSSR count). The number of halogens is 1. The van der Waals surface area contributed by atoms with Gasteiger partial charge >= 0.3 is 66.1 Å². The molecule has 0 fully saturated rings. The van der Waals surface area contributed by atoms with Crippen molar-refractivity contribution in [2.24, 2.45) is 10.7 Å². The Hall–Kier alpha value is -0.411. The van der Waals surface area contributed by atoms with Crippen molar-refractivity contribution in [3.05, 3.63) is 0 Å². The number of rotatable bonds is 4. The van der Waals surface area contributed by atoms with Crippen molar-refractivity contribution >= 4 is 27.0 Å². The standard InChI is InChI=1S/C5H8FN2OSe/c6-2-1-4(3-9)8-5(7)10/h3-4H,1-2H2,(H2,7,8). The molecule has 0 saturated heterocycles. The summed E-state index contributed by atoms with van der Waals surface area (Å²) in [6, 6.07) is -0.633. The van der Waals surface area contributed by atoms with Crippen LogP contribution in [0.15, 0.2) is 4.99 Å². The van der Waals surface area contributed by atoms with Gasteiger partial charge in [0, 0.05) is 0 Å². The van der Waals surface area contributed by atoms with Crippen molar-refractivity contribution in [3.8, 4) is 0 Å². The predicted molar refractivity (Wildman–Crippen MR) is 37.8 cm³/mol. The van der Waals surface area contributed by atoms with E-state index in [0.29, 0.717) is 6.29 Å². The molecular formula is C5H8FN2OSe. The number of carbonyl (C=O) groups excluding carboxylic acids is 1. The first-order valence-electron chi connectivity index (χ1n) is 2.72. The normalized spacial score (nSPS) is 14.7. The van der Waals surface area contributed by atoms with Gasteiger partial charge in [-0.2, -0.15) is 0 Å². The summed E-state index contributed by atoms with van der Waals surface area (Å²) in [5.74, 6) is 0. The first kappa shape index (κ1) is 9.59. The van der Waals surface area contributed by atoms with Crippen LogP contribution in [0.4, 0.5) is 4.39 Å². The van der Waals surface area contributed by atoms with Crippen LogP contribution in [0.5, 0.6) is 0 Å². The molecule has 10 heavy (non-hydrogen) atoms. The molecule has 0 aliphatic rings. The maximum absolute atomic E-state index is 11.6. The van der Waals surface area contributed by atoms with Crippen LogP contribution >= 0.6 is 0 Å². The van der Waals surface area contributed by atoms with Crippen LogP contribution in [0.1, 0.15) is 6.42 Å². The van der Waals surface area contributed by atoms with Gasteiger partial charge in [0.15, 0.2) is 0 Å². The zero-order valence-electron chi connectivity index (χ0n) is 5.29. The average Bonchev–Trinajstić information content (AvgIpc) is 1.86. The molecule has 1 radical (unpaired) electrons. The van der Waals surface area contributed by atoms with Crippen molar-refractivity contribution in [2.75, 3.05) is 6.67 Å². The van der Waals surface area contributed by atoms with Crippen LogP contribution in [0.25, 0.3) is 0 Å². The van der Waals surface area contributed by atoms with Gasteiger partial charge in [0.25, 0.3) is 0 Å². The summed E-state index contributed by atoms with van der Waals surface area (Å²) < 4.78 is 11.8. The molecule has 57 valence electrons. The second kappa shape index (κ2) is 5.38. The SMILES string of the molecule is NC([Se])=NC(C=O)CCF. The second-order valence-corrected chi connectivity index (χ2v) is 2.53. The van der Waals surface area contributed by atoms with Crippen molar-refractivity contribution in [1.29, 1.82) is 0 Å². The van der Waals surface area contributed by atoms with Crippen molar-refractivity contribution in [2.45, 2.75) is 12.5 Å². The molecule has 1 unspecified atom stereocenters. The molecule has 0 aliphatic heterocycles. The van der Waals surface area contributed by atoms with Gasteiger partial charge in [0.1, 0.15) is 0 Å². The minimum absolute atomic E-state index is 0.103. The molecule has 0 amide bonds. The number of aldehydes is 1. The Kier molecular flexibility index (Phi) is 5.16. The molecule has 0 aliphatic carbocycles. The van der Waals surface area contributed by atoms with Crippen LogP contribution in [-0.4, -0.2) is 39.7 Å². The number of alkyl halides is 1. The molecule has 0 heterocycles. The molecular weight excluding hydrogens is 202 g/mol. The maximum atomic E-state index is 11.6. The molecule has 2 N–H and O–H groups in total. The number of nitrogens with zero attached hydrogens (tertiary/aromatic N) is 1. The van der Waals surface area contributed by atoms with E-state index in [0.717, 1.165) is 0 Å². The van der Waals surface area contributed by atoms with Crippen molar-refractivity contribution in [1.82, 2.24) is 0 Å². The summed E-state index contributed by atoms with van der Waals surface area (Å²) in [6.45, 7) is -0.555. The number of aliphatic imine (C=N–C) groups is 1. The van der Waals surface area contributed by atoms with Gasteiger partial charge in [0.2, 0.25) is 0 Å². The van der Waals surface area contributed by atoms with Crippen molar-refractivity contribution < 1.29 is 9.18 Å². The van der Waals surface area contributed by atoms with Gasteiger partial charge in [-0.15, -0.1) is 0 Å². The topological polar surface area (TPSA) is 55.4 Å². The molecule has 0 bridgehead atoms. The van der Waals surface area contributed by atoms with Crippen LogP contribution < -0.4 is 5.73 Å². The molecule has 0 aromatic rings. The molecule has 3 nitrogen and oxygen atoms in total. The van der Waals surface area contributed by atoms with Gasteiger partial charge in [-0.1, -0.05) is 0 Å². The van der Waals surface area contributed by atoms with Gasteiger partial charge in [-0.05, 0) is 0 Å². The Morgan fingerprint density at radius 2 is 2.50 bits per heavy atom. The van der Waals surface area contributed by atoms with E-state index in [1.165, 1.54) is 0 Å². The molecule has 5 heteroatoms. The van der Waals surface area contributed by atoms with Gasteiger partial charge in [-0.3, -0.25) is 0 Å². The molecule has 0 spiro atoms. The number of hydrogen-bond donors (Lipinski definition) is 1. The Morgan fingerprint density at radius 3 is 2.80 bits per heavy atom. The zero-order valence-corrected chi connectivity index (χ0v) is 7.00. The summed E-state index contributed by atoms with van der Waals surface area (Å²) in [4.78, 5) is 13.7. The third-order valence-corrected chi connectivity index (χ3v) is 1.08. The van der Waals surface area contributed by atoms with E-state index < -0.39 is 12.7 Å². The quantitative estimate of drug-likeness (QED) is 0.291. The van der Waals surface area contributed by atoms with E-state index >= 15 is 0 Å².